The van der Waals surface area contributed by atoms with Gasteiger partial charge >= 0.3 is 0 Å². The van der Waals surface area contributed by atoms with Gasteiger partial charge in [0.05, 0.1) is 0 Å². The summed E-state index contributed by atoms with van der Waals surface area (Å²) in [4.78, 5) is 0. The predicted molar refractivity (Wildman–Crippen MR) is 60.4 cm³/mol. The highest BCUT2D eigenvalue weighted by atomic mass is 16.7. The van der Waals surface area contributed by atoms with E-state index in [-0.39, 0.29) is 24.9 Å². The number of hydrogen-bond acceptors (Lipinski definition) is 4. The summed E-state index contributed by atoms with van der Waals surface area (Å²) in [7, 11) is 0. The average molecular weight is 223 g/mol. The van der Waals surface area contributed by atoms with Gasteiger partial charge in [-0.15, -0.1) is 0 Å². The summed E-state index contributed by atoms with van der Waals surface area (Å²) in [6.45, 7) is 4.11. The van der Waals surface area contributed by atoms with Crippen LogP contribution in [-0.4, -0.2) is 18.5 Å². The van der Waals surface area contributed by atoms with Crippen molar-refractivity contribution in [3.05, 3.63) is 23.8 Å². The highest BCUT2D eigenvalue weighted by molar-refractivity contribution is 5.49. The molecule has 1 aromatic carbocycles. The molecule has 0 bridgehead atoms. The molecule has 16 heavy (non-hydrogen) atoms. The van der Waals surface area contributed by atoms with Gasteiger partial charge in [-0.3, -0.25) is 0 Å². The second kappa shape index (κ2) is 3.96. The molecule has 0 spiro atoms. The topological polar surface area (TPSA) is 64.7 Å². The third kappa shape index (κ3) is 1.74. The van der Waals surface area contributed by atoms with Gasteiger partial charge in [0, 0.05) is 23.6 Å². The van der Waals surface area contributed by atoms with Crippen LogP contribution >= 0.6 is 0 Å². The Bertz CT molecular complexity index is 390. The van der Waals surface area contributed by atoms with Gasteiger partial charge in [-0.2, -0.15) is 0 Å². The van der Waals surface area contributed by atoms with Gasteiger partial charge in [-0.1, -0.05) is 26.0 Å². The Morgan fingerprint density at radius 3 is 2.88 bits per heavy atom. The third-order valence-electron chi connectivity index (χ3n) is 3.01. The molecule has 1 atom stereocenters. The molecule has 0 fully saturated rings. The maximum absolute atomic E-state index is 9.32. The Kier molecular flexibility index (Phi) is 2.78. The van der Waals surface area contributed by atoms with Crippen LogP contribution in [0.2, 0.25) is 0 Å². The first-order valence-corrected chi connectivity index (χ1v) is 5.31. The minimum atomic E-state index is -0.388. The molecule has 0 unspecified atom stereocenters. The SMILES string of the molecule is CC(C)(CO)[C@@H](N)c1cccc2c1OCO2. The molecule has 88 valence electrons. The fourth-order valence-electron chi connectivity index (χ4n) is 1.72. The van der Waals surface area contributed by atoms with Crippen molar-refractivity contribution >= 4 is 0 Å². The van der Waals surface area contributed by atoms with Crippen molar-refractivity contribution in [1.82, 2.24) is 0 Å². The first-order chi connectivity index (χ1) is 7.56. The maximum atomic E-state index is 9.32. The molecule has 4 heteroatoms. The number of rotatable bonds is 3. The minimum Gasteiger partial charge on any atom is -0.454 e. The number of para-hydroxylation sites is 1. The molecule has 1 heterocycles. The van der Waals surface area contributed by atoms with E-state index in [2.05, 4.69) is 0 Å². The fraction of sp³-hybridized carbons (Fsp3) is 0.500. The molecular formula is C12H17NO3. The average Bonchev–Trinajstić information content (AvgIpc) is 2.75. The number of nitrogens with two attached hydrogens (primary N) is 1. The van der Waals surface area contributed by atoms with E-state index in [0.29, 0.717) is 5.75 Å². The molecule has 0 radical (unpaired) electrons. The van der Waals surface area contributed by atoms with Gasteiger partial charge in [0.25, 0.3) is 0 Å². The van der Waals surface area contributed by atoms with E-state index in [0.717, 1.165) is 11.3 Å². The van der Waals surface area contributed by atoms with E-state index >= 15 is 0 Å². The number of fused-ring (bicyclic) bond motifs is 1. The lowest BCUT2D eigenvalue weighted by Gasteiger charge is -2.30. The predicted octanol–water partition coefficient (Wildman–Crippen LogP) is 1.43. The zero-order valence-electron chi connectivity index (χ0n) is 9.56. The first-order valence-electron chi connectivity index (χ1n) is 5.31. The zero-order chi connectivity index (χ0) is 11.8. The van der Waals surface area contributed by atoms with Crippen LogP contribution in [0.15, 0.2) is 18.2 Å². The summed E-state index contributed by atoms with van der Waals surface area (Å²) in [5, 5.41) is 9.32. The van der Waals surface area contributed by atoms with Crippen LogP contribution in [0.4, 0.5) is 0 Å². The Morgan fingerprint density at radius 1 is 1.44 bits per heavy atom. The van der Waals surface area contributed by atoms with Gasteiger partial charge in [0.1, 0.15) is 0 Å². The number of hydrogen-bond donors (Lipinski definition) is 2. The Hall–Kier alpha value is -1.26. The monoisotopic (exact) mass is 223 g/mol. The van der Waals surface area contributed by atoms with Crippen LogP contribution in [-0.2, 0) is 0 Å². The Morgan fingerprint density at radius 2 is 2.19 bits per heavy atom. The van der Waals surface area contributed by atoms with E-state index in [4.69, 9.17) is 15.2 Å². The standard InChI is InChI=1S/C12H17NO3/c1-12(2,6-14)11(13)8-4-3-5-9-10(8)16-7-15-9/h3-5,11,14H,6-7,13H2,1-2H3/t11-/m0/s1. The smallest absolute Gasteiger partial charge is 0.231 e. The van der Waals surface area contributed by atoms with Crippen LogP contribution in [0.5, 0.6) is 11.5 Å². The minimum absolute atomic E-state index is 0.0265. The maximum Gasteiger partial charge on any atom is 0.231 e. The third-order valence-corrected chi connectivity index (χ3v) is 3.01. The summed E-state index contributed by atoms with van der Waals surface area (Å²) < 4.78 is 10.7. The molecule has 0 aliphatic carbocycles. The summed E-state index contributed by atoms with van der Waals surface area (Å²) in [5.41, 5.74) is 6.66. The second-order valence-corrected chi connectivity index (χ2v) is 4.71. The van der Waals surface area contributed by atoms with Gasteiger partial charge in [-0.05, 0) is 6.07 Å². The Labute approximate surface area is 95.0 Å². The van der Waals surface area contributed by atoms with Crippen LogP contribution in [0.25, 0.3) is 0 Å². The highest BCUT2D eigenvalue weighted by Crippen LogP contribution is 2.42. The van der Waals surface area contributed by atoms with E-state index in [9.17, 15) is 5.11 Å². The van der Waals surface area contributed by atoms with Gasteiger partial charge in [0.2, 0.25) is 6.79 Å². The summed E-state index contributed by atoms with van der Waals surface area (Å²) in [6, 6.07) is 5.37. The van der Waals surface area contributed by atoms with E-state index < -0.39 is 0 Å². The van der Waals surface area contributed by atoms with Crippen LogP contribution in [0.3, 0.4) is 0 Å². The highest BCUT2D eigenvalue weighted by Gasteiger charge is 2.31. The molecule has 1 aliphatic heterocycles. The van der Waals surface area contributed by atoms with Crippen molar-refractivity contribution < 1.29 is 14.6 Å². The van der Waals surface area contributed by atoms with Crippen LogP contribution in [0.1, 0.15) is 25.5 Å². The number of benzene rings is 1. The quantitative estimate of drug-likeness (QED) is 0.813. The van der Waals surface area contributed by atoms with E-state index in [1.54, 1.807) is 0 Å². The van der Waals surface area contributed by atoms with E-state index in [1.807, 2.05) is 32.0 Å². The van der Waals surface area contributed by atoms with Crippen molar-refractivity contribution in [2.75, 3.05) is 13.4 Å². The summed E-state index contributed by atoms with van der Waals surface area (Å²) in [5.74, 6) is 1.43. The molecular weight excluding hydrogens is 206 g/mol. The first kappa shape index (κ1) is 11.2. The normalized spacial score (nSPS) is 16.2. The summed E-state index contributed by atoms with van der Waals surface area (Å²) >= 11 is 0. The van der Waals surface area contributed by atoms with Gasteiger partial charge in [-0.25, -0.2) is 0 Å². The van der Waals surface area contributed by atoms with Gasteiger partial charge < -0.3 is 20.3 Å². The number of ether oxygens (including phenoxy) is 2. The Balaban J connectivity index is 2.38. The molecule has 4 nitrogen and oxygen atoms in total. The second-order valence-electron chi connectivity index (χ2n) is 4.71. The summed E-state index contributed by atoms with van der Waals surface area (Å²) in [6.07, 6.45) is 0. The number of aliphatic hydroxyl groups is 1. The fourth-order valence-corrected chi connectivity index (χ4v) is 1.72. The molecule has 2 rings (SSSR count). The molecule has 3 N–H and O–H groups in total. The van der Waals surface area contributed by atoms with Crippen LogP contribution < -0.4 is 15.2 Å². The van der Waals surface area contributed by atoms with Crippen molar-refractivity contribution in [3.8, 4) is 11.5 Å². The van der Waals surface area contributed by atoms with Crippen molar-refractivity contribution in [2.24, 2.45) is 11.1 Å². The number of aliphatic hydroxyl groups excluding tert-OH is 1. The zero-order valence-corrected chi connectivity index (χ0v) is 9.56. The van der Waals surface area contributed by atoms with E-state index in [1.165, 1.54) is 0 Å². The lowest BCUT2D eigenvalue weighted by atomic mass is 9.81. The largest absolute Gasteiger partial charge is 0.454 e. The molecule has 0 aromatic heterocycles. The van der Waals surface area contributed by atoms with Crippen molar-refractivity contribution in [3.63, 3.8) is 0 Å². The van der Waals surface area contributed by atoms with Crippen LogP contribution in [0, 0.1) is 5.41 Å². The molecule has 0 saturated heterocycles. The van der Waals surface area contributed by atoms with Crippen molar-refractivity contribution in [1.29, 1.82) is 0 Å². The molecule has 0 saturated carbocycles. The lowest BCUT2D eigenvalue weighted by molar-refractivity contribution is 0.129. The molecule has 1 aliphatic rings. The van der Waals surface area contributed by atoms with Crippen molar-refractivity contribution in [2.45, 2.75) is 19.9 Å². The lowest BCUT2D eigenvalue weighted by Crippen LogP contribution is -2.32. The molecule has 1 aromatic rings. The van der Waals surface area contributed by atoms with Gasteiger partial charge in [0.15, 0.2) is 11.5 Å². The molecule has 0 amide bonds.